The number of aliphatic imine (C=N–C) groups is 1. The molecule has 1 aromatic carbocycles. The molecule has 4 heteroatoms. The molecule has 110 valence electrons. The van der Waals surface area contributed by atoms with Crippen LogP contribution < -0.4 is 0 Å². The van der Waals surface area contributed by atoms with E-state index in [0.717, 1.165) is 31.4 Å². The maximum absolute atomic E-state index is 9.88. The molecule has 0 bridgehead atoms. The molecule has 0 amide bonds. The monoisotopic (exact) mass is 301 g/mol. The normalized spacial score (nSPS) is 16.5. The molecular formula is C17H20ClN3. The van der Waals surface area contributed by atoms with Gasteiger partial charge in [-0.05, 0) is 30.2 Å². The van der Waals surface area contributed by atoms with Gasteiger partial charge in [0.2, 0.25) is 0 Å². The zero-order chi connectivity index (χ0) is 15.1. The molecule has 0 aliphatic carbocycles. The Hall–Kier alpha value is -1.79. The molecule has 3 nitrogen and oxygen atoms in total. The lowest BCUT2D eigenvalue weighted by molar-refractivity contribution is 0.347. The van der Waals surface area contributed by atoms with E-state index in [2.05, 4.69) is 22.9 Å². The molecule has 0 fully saturated rings. The number of halogens is 1. The van der Waals surface area contributed by atoms with Gasteiger partial charge in [-0.15, -0.1) is 0 Å². The fourth-order valence-corrected chi connectivity index (χ4v) is 2.72. The molecular weight excluding hydrogens is 282 g/mol. The van der Waals surface area contributed by atoms with Gasteiger partial charge in [0, 0.05) is 24.3 Å². The number of nitrogens with zero attached hydrogens (tertiary/aromatic N) is 3. The standard InChI is InChI=1S/C17H20ClN3/c1-2-3-9-17(12-19,13-21-11-4-10-20-14-21)15-5-7-16(18)8-6-15/h4-8,10,14H,2-3,9,11,13H2,1H3. The highest BCUT2D eigenvalue weighted by Gasteiger charge is 2.33. The molecule has 0 aromatic heterocycles. The van der Waals surface area contributed by atoms with Crippen molar-refractivity contribution in [3.63, 3.8) is 0 Å². The van der Waals surface area contributed by atoms with Crippen LogP contribution in [-0.4, -0.2) is 24.3 Å². The Bertz CT molecular complexity index is 556. The Balaban J connectivity index is 2.28. The van der Waals surface area contributed by atoms with E-state index in [1.807, 2.05) is 36.7 Å². The van der Waals surface area contributed by atoms with E-state index >= 15 is 0 Å². The minimum atomic E-state index is -0.516. The Labute approximate surface area is 131 Å². The number of nitriles is 1. The highest BCUT2D eigenvalue weighted by molar-refractivity contribution is 6.30. The highest BCUT2D eigenvalue weighted by Crippen LogP contribution is 2.31. The largest absolute Gasteiger partial charge is 0.357 e. The third kappa shape index (κ3) is 3.86. The van der Waals surface area contributed by atoms with Gasteiger partial charge in [-0.3, -0.25) is 0 Å². The first kappa shape index (κ1) is 15.6. The zero-order valence-electron chi connectivity index (χ0n) is 12.3. The number of hydrogen-bond acceptors (Lipinski definition) is 3. The maximum Gasteiger partial charge on any atom is 0.0996 e. The summed E-state index contributed by atoms with van der Waals surface area (Å²) in [6.45, 7) is 3.60. The number of rotatable bonds is 6. The topological polar surface area (TPSA) is 39.4 Å². The molecule has 1 aliphatic heterocycles. The van der Waals surface area contributed by atoms with Gasteiger partial charge in [0.1, 0.15) is 0 Å². The summed E-state index contributed by atoms with van der Waals surface area (Å²) < 4.78 is 0. The summed E-state index contributed by atoms with van der Waals surface area (Å²) in [4.78, 5) is 6.25. The van der Waals surface area contributed by atoms with Crippen molar-refractivity contribution >= 4 is 17.9 Å². The van der Waals surface area contributed by atoms with E-state index in [0.29, 0.717) is 11.6 Å². The second-order valence-electron chi connectivity index (χ2n) is 5.38. The summed E-state index contributed by atoms with van der Waals surface area (Å²) in [5.41, 5.74) is 0.517. The third-order valence-electron chi connectivity index (χ3n) is 3.80. The summed E-state index contributed by atoms with van der Waals surface area (Å²) in [5.74, 6) is 0. The third-order valence-corrected chi connectivity index (χ3v) is 4.05. The van der Waals surface area contributed by atoms with Crippen LogP contribution in [0.25, 0.3) is 0 Å². The van der Waals surface area contributed by atoms with Gasteiger partial charge in [-0.25, -0.2) is 4.99 Å². The molecule has 0 saturated heterocycles. The Morgan fingerprint density at radius 2 is 2.14 bits per heavy atom. The predicted octanol–water partition coefficient (Wildman–Crippen LogP) is 4.15. The van der Waals surface area contributed by atoms with Crippen LogP contribution in [0.4, 0.5) is 0 Å². The quantitative estimate of drug-likeness (QED) is 0.792. The first-order chi connectivity index (χ1) is 10.2. The summed E-state index contributed by atoms with van der Waals surface area (Å²) in [6.07, 6.45) is 8.55. The molecule has 1 aromatic rings. The molecule has 1 atom stereocenters. The molecule has 0 saturated carbocycles. The highest BCUT2D eigenvalue weighted by atomic mass is 35.5. The Morgan fingerprint density at radius 3 is 2.71 bits per heavy atom. The number of hydrogen-bond donors (Lipinski definition) is 0. The lowest BCUT2D eigenvalue weighted by Crippen LogP contribution is -2.40. The average Bonchev–Trinajstić information content (AvgIpc) is 2.53. The Kier molecular flexibility index (Phi) is 5.41. The van der Waals surface area contributed by atoms with E-state index < -0.39 is 5.41 Å². The number of unbranched alkanes of at least 4 members (excludes halogenated alkanes) is 1. The fourth-order valence-electron chi connectivity index (χ4n) is 2.59. The van der Waals surface area contributed by atoms with Crippen LogP contribution in [0.1, 0.15) is 31.7 Å². The van der Waals surface area contributed by atoms with Gasteiger partial charge in [0.15, 0.2) is 0 Å². The SMILES string of the molecule is CCCCC(C#N)(CN1C=NC=CC1)c1ccc(Cl)cc1. The van der Waals surface area contributed by atoms with E-state index in [-0.39, 0.29) is 0 Å². The summed E-state index contributed by atoms with van der Waals surface area (Å²) >= 11 is 5.98. The van der Waals surface area contributed by atoms with Crippen LogP contribution in [0.5, 0.6) is 0 Å². The average molecular weight is 302 g/mol. The van der Waals surface area contributed by atoms with Crippen LogP contribution in [0, 0.1) is 11.3 Å². The van der Waals surface area contributed by atoms with Crippen molar-refractivity contribution in [1.29, 1.82) is 5.26 Å². The molecule has 1 unspecified atom stereocenters. The Morgan fingerprint density at radius 1 is 1.38 bits per heavy atom. The van der Waals surface area contributed by atoms with E-state index in [1.165, 1.54) is 0 Å². The van der Waals surface area contributed by atoms with Gasteiger partial charge in [0.05, 0.1) is 17.8 Å². The van der Waals surface area contributed by atoms with Crippen molar-refractivity contribution in [3.05, 3.63) is 47.1 Å². The number of benzene rings is 1. The van der Waals surface area contributed by atoms with Crippen LogP contribution in [0.3, 0.4) is 0 Å². The molecule has 0 N–H and O–H groups in total. The second kappa shape index (κ2) is 7.28. The van der Waals surface area contributed by atoms with E-state index in [1.54, 1.807) is 6.20 Å². The van der Waals surface area contributed by atoms with E-state index in [4.69, 9.17) is 11.6 Å². The molecule has 0 spiro atoms. The van der Waals surface area contributed by atoms with Crippen molar-refractivity contribution in [2.24, 2.45) is 4.99 Å². The minimum absolute atomic E-state index is 0.516. The minimum Gasteiger partial charge on any atom is -0.357 e. The van der Waals surface area contributed by atoms with Crippen LogP contribution in [0.2, 0.25) is 5.02 Å². The molecule has 1 heterocycles. The molecule has 1 aliphatic rings. The van der Waals surface area contributed by atoms with Gasteiger partial charge >= 0.3 is 0 Å². The molecule has 2 rings (SSSR count). The zero-order valence-corrected chi connectivity index (χ0v) is 13.1. The lowest BCUT2D eigenvalue weighted by atomic mass is 9.77. The molecule has 21 heavy (non-hydrogen) atoms. The summed E-state index contributed by atoms with van der Waals surface area (Å²) in [5, 5.41) is 10.6. The van der Waals surface area contributed by atoms with Gasteiger partial charge in [0.25, 0.3) is 0 Å². The van der Waals surface area contributed by atoms with Gasteiger partial charge in [-0.1, -0.05) is 43.5 Å². The second-order valence-corrected chi connectivity index (χ2v) is 5.82. The first-order valence-corrected chi connectivity index (χ1v) is 7.67. The van der Waals surface area contributed by atoms with Crippen molar-refractivity contribution in [3.8, 4) is 6.07 Å². The van der Waals surface area contributed by atoms with Crippen LogP contribution in [0.15, 0.2) is 41.5 Å². The smallest absolute Gasteiger partial charge is 0.0996 e. The van der Waals surface area contributed by atoms with Gasteiger partial charge < -0.3 is 4.90 Å². The first-order valence-electron chi connectivity index (χ1n) is 7.30. The van der Waals surface area contributed by atoms with Crippen molar-refractivity contribution < 1.29 is 0 Å². The summed E-state index contributed by atoms with van der Waals surface area (Å²) in [6, 6.07) is 10.2. The van der Waals surface area contributed by atoms with Crippen molar-refractivity contribution in [2.45, 2.75) is 31.6 Å². The van der Waals surface area contributed by atoms with Crippen LogP contribution in [-0.2, 0) is 5.41 Å². The van der Waals surface area contributed by atoms with Crippen molar-refractivity contribution in [1.82, 2.24) is 4.90 Å². The maximum atomic E-state index is 9.88. The predicted molar refractivity (Wildman–Crippen MR) is 87.5 cm³/mol. The lowest BCUT2D eigenvalue weighted by Gasteiger charge is -2.33. The van der Waals surface area contributed by atoms with Gasteiger partial charge in [-0.2, -0.15) is 5.26 Å². The van der Waals surface area contributed by atoms with E-state index in [9.17, 15) is 5.26 Å². The summed E-state index contributed by atoms with van der Waals surface area (Å²) in [7, 11) is 0. The molecule has 0 radical (unpaired) electrons. The van der Waals surface area contributed by atoms with Crippen LogP contribution >= 0.6 is 11.6 Å². The fraction of sp³-hybridized carbons (Fsp3) is 0.412. The van der Waals surface area contributed by atoms with Crippen molar-refractivity contribution in [2.75, 3.05) is 13.1 Å².